The number of benzene rings is 3. The topological polar surface area (TPSA) is 38.1 Å². The summed E-state index contributed by atoms with van der Waals surface area (Å²) in [5, 5.41) is 0.642. The first kappa shape index (κ1) is 18.3. The molecule has 0 aliphatic carbocycles. The molecule has 0 saturated carbocycles. The standard InChI is InChI=1S/C23H20ClN3O/c1-26(15-17-8-3-2-4-9-17)22(28)16-27-21-13-6-5-12-20(21)25-23(27)18-10-7-11-19(24)14-18/h2-14H,15-16H2,1H3. The van der Waals surface area contributed by atoms with Crippen molar-refractivity contribution in [3.05, 3.63) is 89.4 Å². The van der Waals surface area contributed by atoms with Crippen molar-refractivity contribution in [3.8, 4) is 11.4 Å². The maximum atomic E-state index is 13.0. The van der Waals surface area contributed by atoms with Gasteiger partial charge >= 0.3 is 0 Å². The molecule has 1 heterocycles. The minimum atomic E-state index is 0.0234. The Kier molecular flexibility index (Phi) is 5.13. The molecule has 0 saturated heterocycles. The second-order valence-electron chi connectivity index (χ2n) is 6.76. The van der Waals surface area contributed by atoms with Crippen LogP contribution in [0.1, 0.15) is 5.56 Å². The number of fused-ring (bicyclic) bond motifs is 1. The zero-order valence-electron chi connectivity index (χ0n) is 15.5. The van der Waals surface area contributed by atoms with Crippen LogP contribution in [0.25, 0.3) is 22.4 Å². The Morgan fingerprint density at radius 1 is 1.00 bits per heavy atom. The molecule has 0 unspecified atom stereocenters. The van der Waals surface area contributed by atoms with E-state index in [2.05, 4.69) is 0 Å². The van der Waals surface area contributed by atoms with Gasteiger partial charge in [-0.25, -0.2) is 4.98 Å². The van der Waals surface area contributed by atoms with Crippen LogP contribution < -0.4 is 0 Å². The molecular formula is C23H20ClN3O. The third kappa shape index (κ3) is 3.78. The average molecular weight is 390 g/mol. The number of rotatable bonds is 5. The van der Waals surface area contributed by atoms with Crippen molar-refractivity contribution in [3.63, 3.8) is 0 Å². The molecule has 0 aliphatic heterocycles. The number of imidazole rings is 1. The summed E-state index contributed by atoms with van der Waals surface area (Å²) in [7, 11) is 1.83. The lowest BCUT2D eigenvalue weighted by molar-refractivity contribution is -0.130. The summed E-state index contributed by atoms with van der Waals surface area (Å²) >= 11 is 6.18. The van der Waals surface area contributed by atoms with Crippen molar-refractivity contribution in [2.75, 3.05) is 7.05 Å². The van der Waals surface area contributed by atoms with Crippen molar-refractivity contribution in [1.29, 1.82) is 0 Å². The van der Waals surface area contributed by atoms with Crippen LogP contribution in [-0.2, 0) is 17.9 Å². The molecule has 0 atom stereocenters. The van der Waals surface area contributed by atoms with Gasteiger partial charge in [-0.2, -0.15) is 0 Å². The lowest BCUT2D eigenvalue weighted by Gasteiger charge is -2.19. The number of amides is 1. The van der Waals surface area contributed by atoms with Gasteiger partial charge in [0.15, 0.2) is 0 Å². The molecule has 1 aromatic heterocycles. The number of carbonyl (C=O) groups excluding carboxylic acids is 1. The minimum absolute atomic E-state index is 0.0234. The van der Waals surface area contributed by atoms with E-state index in [0.717, 1.165) is 28.0 Å². The molecule has 3 aromatic carbocycles. The Bertz CT molecular complexity index is 1120. The highest BCUT2D eigenvalue weighted by molar-refractivity contribution is 6.30. The number of nitrogens with zero attached hydrogens (tertiary/aromatic N) is 3. The Labute approximate surface area is 169 Å². The van der Waals surface area contributed by atoms with Crippen molar-refractivity contribution in [2.45, 2.75) is 13.1 Å². The highest BCUT2D eigenvalue weighted by Crippen LogP contribution is 2.27. The van der Waals surface area contributed by atoms with Crippen LogP contribution in [0.3, 0.4) is 0 Å². The summed E-state index contributed by atoms with van der Waals surface area (Å²) in [6.45, 7) is 0.782. The number of hydrogen-bond acceptors (Lipinski definition) is 2. The zero-order chi connectivity index (χ0) is 19.5. The number of hydrogen-bond donors (Lipinski definition) is 0. The zero-order valence-corrected chi connectivity index (χ0v) is 16.3. The van der Waals surface area contributed by atoms with E-state index in [4.69, 9.17) is 16.6 Å². The van der Waals surface area contributed by atoms with Gasteiger partial charge in [-0.1, -0.05) is 66.2 Å². The fourth-order valence-electron chi connectivity index (χ4n) is 3.28. The Morgan fingerprint density at radius 2 is 1.75 bits per heavy atom. The molecule has 4 aromatic rings. The van der Waals surface area contributed by atoms with Gasteiger partial charge < -0.3 is 9.47 Å². The molecule has 4 rings (SSSR count). The van der Waals surface area contributed by atoms with Gasteiger partial charge in [-0.05, 0) is 29.8 Å². The van der Waals surface area contributed by atoms with Crippen molar-refractivity contribution >= 4 is 28.5 Å². The third-order valence-corrected chi connectivity index (χ3v) is 4.95. The molecule has 0 N–H and O–H groups in total. The monoisotopic (exact) mass is 389 g/mol. The van der Waals surface area contributed by atoms with E-state index < -0.39 is 0 Å². The molecule has 4 nitrogen and oxygen atoms in total. The SMILES string of the molecule is CN(Cc1ccccc1)C(=O)Cn1c(-c2cccc(Cl)c2)nc2ccccc21. The van der Waals surface area contributed by atoms with E-state index in [-0.39, 0.29) is 12.5 Å². The Morgan fingerprint density at radius 3 is 2.54 bits per heavy atom. The molecule has 140 valence electrons. The largest absolute Gasteiger partial charge is 0.340 e. The molecule has 5 heteroatoms. The van der Waals surface area contributed by atoms with Crippen LogP contribution in [0.15, 0.2) is 78.9 Å². The average Bonchev–Trinajstić information content (AvgIpc) is 3.07. The summed E-state index contributed by atoms with van der Waals surface area (Å²) in [6, 6.07) is 25.4. The van der Waals surface area contributed by atoms with E-state index in [0.29, 0.717) is 11.6 Å². The summed E-state index contributed by atoms with van der Waals surface area (Å²) in [6.07, 6.45) is 0. The molecule has 0 fully saturated rings. The first-order valence-corrected chi connectivity index (χ1v) is 9.49. The molecular weight excluding hydrogens is 370 g/mol. The van der Waals surface area contributed by atoms with E-state index >= 15 is 0 Å². The Balaban J connectivity index is 1.67. The van der Waals surface area contributed by atoms with Crippen LogP contribution in [0.5, 0.6) is 0 Å². The summed E-state index contributed by atoms with van der Waals surface area (Å²) in [4.78, 5) is 19.5. The van der Waals surface area contributed by atoms with Gasteiger partial charge in [-0.3, -0.25) is 4.79 Å². The Hall–Kier alpha value is -3.11. The van der Waals surface area contributed by atoms with Crippen molar-refractivity contribution in [2.24, 2.45) is 0 Å². The van der Waals surface area contributed by atoms with Gasteiger partial charge in [0.2, 0.25) is 5.91 Å². The van der Waals surface area contributed by atoms with Crippen molar-refractivity contribution < 1.29 is 4.79 Å². The fourth-order valence-corrected chi connectivity index (χ4v) is 3.48. The molecule has 0 radical (unpaired) electrons. The van der Waals surface area contributed by atoms with Gasteiger partial charge in [0.05, 0.1) is 11.0 Å². The van der Waals surface area contributed by atoms with Gasteiger partial charge in [0.25, 0.3) is 0 Å². The van der Waals surface area contributed by atoms with E-state index in [9.17, 15) is 4.79 Å². The number of carbonyl (C=O) groups is 1. The molecule has 0 aliphatic rings. The second kappa shape index (κ2) is 7.87. The van der Waals surface area contributed by atoms with Crippen LogP contribution in [-0.4, -0.2) is 27.4 Å². The lowest BCUT2D eigenvalue weighted by Crippen LogP contribution is -2.30. The third-order valence-electron chi connectivity index (χ3n) is 4.72. The van der Waals surface area contributed by atoms with Crippen LogP contribution in [0.2, 0.25) is 5.02 Å². The number of para-hydroxylation sites is 2. The van der Waals surface area contributed by atoms with Gasteiger partial charge in [0.1, 0.15) is 12.4 Å². The van der Waals surface area contributed by atoms with Gasteiger partial charge in [0, 0.05) is 24.2 Å². The first-order chi connectivity index (χ1) is 13.6. The van der Waals surface area contributed by atoms with Crippen molar-refractivity contribution in [1.82, 2.24) is 14.5 Å². The second-order valence-corrected chi connectivity index (χ2v) is 7.19. The highest BCUT2D eigenvalue weighted by Gasteiger charge is 2.17. The summed E-state index contributed by atoms with van der Waals surface area (Å²) in [5.41, 5.74) is 3.78. The fraction of sp³-hybridized carbons (Fsp3) is 0.130. The van der Waals surface area contributed by atoms with E-state index in [1.807, 2.05) is 90.5 Å². The van der Waals surface area contributed by atoms with Crippen LogP contribution >= 0.6 is 11.6 Å². The van der Waals surface area contributed by atoms with E-state index in [1.54, 1.807) is 4.90 Å². The molecule has 0 bridgehead atoms. The summed E-state index contributed by atoms with van der Waals surface area (Å²) < 4.78 is 1.96. The maximum absolute atomic E-state index is 13.0. The predicted molar refractivity (Wildman–Crippen MR) is 113 cm³/mol. The van der Waals surface area contributed by atoms with E-state index in [1.165, 1.54) is 0 Å². The summed E-state index contributed by atoms with van der Waals surface area (Å²) in [5.74, 6) is 0.764. The van der Waals surface area contributed by atoms with Crippen LogP contribution in [0.4, 0.5) is 0 Å². The van der Waals surface area contributed by atoms with Crippen LogP contribution in [0, 0.1) is 0 Å². The molecule has 1 amide bonds. The maximum Gasteiger partial charge on any atom is 0.242 e. The molecule has 0 spiro atoms. The van der Waals surface area contributed by atoms with Gasteiger partial charge in [-0.15, -0.1) is 0 Å². The first-order valence-electron chi connectivity index (χ1n) is 9.11. The smallest absolute Gasteiger partial charge is 0.242 e. The highest BCUT2D eigenvalue weighted by atomic mass is 35.5. The number of aromatic nitrogens is 2. The normalized spacial score (nSPS) is 10.9. The minimum Gasteiger partial charge on any atom is -0.340 e. The number of likely N-dealkylation sites (N-methyl/N-ethyl adjacent to an activating group) is 1. The lowest BCUT2D eigenvalue weighted by atomic mass is 10.2. The predicted octanol–water partition coefficient (Wildman–Crippen LogP) is 5.02. The number of halogens is 1. The quantitative estimate of drug-likeness (QED) is 0.481. The molecule has 28 heavy (non-hydrogen) atoms.